The second-order valence-corrected chi connectivity index (χ2v) is 6.26. The summed E-state index contributed by atoms with van der Waals surface area (Å²) in [6.07, 6.45) is 1.85. The van der Waals surface area contributed by atoms with Gasteiger partial charge in [0.25, 0.3) is 0 Å². The summed E-state index contributed by atoms with van der Waals surface area (Å²) >= 11 is 1.27. The van der Waals surface area contributed by atoms with E-state index in [-0.39, 0.29) is 5.75 Å². The van der Waals surface area contributed by atoms with Gasteiger partial charge in [0, 0.05) is 11.9 Å². The number of imidazole rings is 1. The Bertz CT molecular complexity index is 635. The molecule has 112 valence electrons. The van der Waals surface area contributed by atoms with E-state index in [0.29, 0.717) is 5.92 Å². The minimum absolute atomic E-state index is 0.0301. The van der Waals surface area contributed by atoms with Gasteiger partial charge >= 0.3 is 5.97 Å². The molecular weight excluding hydrogens is 284 g/mol. The lowest BCUT2D eigenvalue weighted by Gasteiger charge is -2.15. The van der Waals surface area contributed by atoms with E-state index in [4.69, 9.17) is 5.11 Å². The van der Waals surface area contributed by atoms with Crippen molar-refractivity contribution in [3.8, 4) is 0 Å². The van der Waals surface area contributed by atoms with Crippen molar-refractivity contribution < 1.29 is 9.90 Å². The molecule has 1 heterocycles. The number of nitrogens with zero attached hydrogens (tertiary/aromatic N) is 2. The fourth-order valence-electron chi connectivity index (χ4n) is 2.19. The highest BCUT2D eigenvalue weighted by Crippen LogP contribution is 2.25. The molecule has 1 aromatic carbocycles. The summed E-state index contributed by atoms with van der Waals surface area (Å²) in [5, 5.41) is 9.63. The SMILES string of the molecule is Cc1ccccc1Cn1c(C(C)C)cnc1SCC(=O)O. The summed E-state index contributed by atoms with van der Waals surface area (Å²) in [4.78, 5) is 15.2. The number of rotatable bonds is 6. The number of thioether (sulfide) groups is 1. The summed E-state index contributed by atoms with van der Waals surface area (Å²) in [6, 6.07) is 8.24. The van der Waals surface area contributed by atoms with Gasteiger partial charge in [-0.25, -0.2) is 4.98 Å². The zero-order chi connectivity index (χ0) is 15.4. The van der Waals surface area contributed by atoms with Crippen molar-refractivity contribution in [1.29, 1.82) is 0 Å². The highest BCUT2D eigenvalue weighted by molar-refractivity contribution is 7.99. The quantitative estimate of drug-likeness (QED) is 0.829. The molecular formula is C16H20N2O2S. The fraction of sp³-hybridized carbons (Fsp3) is 0.375. The van der Waals surface area contributed by atoms with Crippen LogP contribution in [0.1, 0.15) is 36.6 Å². The molecule has 0 unspecified atom stereocenters. The molecule has 0 amide bonds. The second kappa shape index (κ2) is 6.80. The molecule has 2 aromatic rings. The molecule has 0 bridgehead atoms. The van der Waals surface area contributed by atoms with Gasteiger partial charge in [-0.15, -0.1) is 0 Å². The van der Waals surface area contributed by atoms with Crippen LogP contribution in [0.5, 0.6) is 0 Å². The van der Waals surface area contributed by atoms with Crippen LogP contribution in [0.15, 0.2) is 35.6 Å². The molecule has 0 aliphatic carbocycles. The summed E-state index contributed by atoms with van der Waals surface area (Å²) in [6.45, 7) is 7.06. The lowest BCUT2D eigenvalue weighted by atomic mass is 10.1. The van der Waals surface area contributed by atoms with Crippen LogP contribution in [0, 0.1) is 6.92 Å². The Morgan fingerprint density at radius 3 is 2.71 bits per heavy atom. The van der Waals surface area contributed by atoms with Gasteiger partial charge in [-0.05, 0) is 24.0 Å². The minimum atomic E-state index is -0.823. The number of aromatic nitrogens is 2. The van der Waals surface area contributed by atoms with E-state index >= 15 is 0 Å². The molecule has 0 fully saturated rings. The van der Waals surface area contributed by atoms with Gasteiger partial charge in [-0.2, -0.15) is 0 Å². The van der Waals surface area contributed by atoms with Crippen LogP contribution in [-0.4, -0.2) is 26.4 Å². The van der Waals surface area contributed by atoms with Crippen LogP contribution in [0.3, 0.4) is 0 Å². The normalized spacial score (nSPS) is 11.0. The van der Waals surface area contributed by atoms with E-state index in [2.05, 4.69) is 42.5 Å². The standard InChI is InChI=1S/C16H20N2O2S/c1-11(2)14-8-17-16(21-10-15(19)20)18(14)9-13-7-5-4-6-12(13)3/h4-8,11H,9-10H2,1-3H3,(H,19,20). The zero-order valence-corrected chi connectivity index (χ0v) is 13.4. The molecule has 21 heavy (non-hydrogen) atoms. The van der Waals surface area contributed by atoms with Crippen LogP contribution in [0.25, 0.3) is 0 Å². The van der Waals surface area contributed by atoms with Gasteiger partial charge in [-0.3, -0.25) is 4.79 Å². The molecule has 0 saturated heterocycles. The maximum atomic E-state index is 10.8. The number of hydrogen-bond acceptors (Lipinski definition) is 3. The summed E-state index contributed by atoms with van der Waals surface area (Å²) in [5.74, 6) is -0.445. The van der Waals surface area contributed by atoms with E-state index < -0.39 is 5.97 Å². The smallest absolute Gasteiger partial charge is 0.313 e. The van der Waals surface area contributed by atoms with E-state index in [1.165, 1.54) is 22.9 Å². The number of carboxylic acid groups (broad SMARTS) is 1. The topological polar surface area (TPSA) is 55.1 Å². The number of benzene rings is 1. The molecule has 0 spiro atoms. The summed E-state index contributed by atoms with van der Waals surface area (Å²) < 4.78 is 2.13. The first-order chi connectivity index (χ1) is 9.99. The lowest BCUT2D eigenvalue weighted by Crippen LogP contribution is -2.09. The molecule has 1 aromatic heterocycles. The molecule has 0 aliphatic heterocycles. The number of carbonyl (C=O) groups is 1. The second-order valence-electron chi connectivity index (χ2n) is 5.32. The van der Waals surface area contributed by atoms with Crippen LogP contribution in [-0.2, 0) is 11.3 Å². The van der Waals surface area contributed by atoms with Crippen LogP contribution >= 0.6 is 11.8 Å². The Labute approximate surface area is 129 Å². The maximum absolute atomic E-state index is 10.8. The Morgan fingerprint density at radius 1 is 1.38 bits per heavy atom. The highest BCUT2D eigenvalue weighted by atomic mass is 32.2. The maximum Gasteiger partial charge on any atom is 0.313 e. The van der Waals surface area contributed by atoms with E-state index in [9.17, 15) is 4.79 Å². The molecule has 0 aliphatic rings. The van der Waals surface area contributed by atoms with Gasteiger partial charge in [0.05, 0.1) is 12.3 Å². The van der Waals surface area contributed by atoms with Crippen LogP contribution < -0.4 is 0 Å². The first-order valence-electron chi connectivity index (χ1n) is 6.93. The van der Waals surface area contributed by atoms with Gasteiger partial charge in [0.15, 0.2) is 5.16 Å². The average Bonchev–Trinajstić information content (AvgIpc) is 2.82. The van der Waals surface area contributed by atoms with Crippen molar-refractivity contribution in [2.45, 2.75) is 38.4 Å². The predicted molar refractivity (Wildman–Crippen MR) is 85.0 cm³/mol. The monoisotopic (exact) mass is 304 g/mol. The van der Waals surface area contributed by atoms with Crippen molar-refractivity contribution in [3.63, 3.8) is 0 Å². The number of hydrogen-bond donors (Lipinski definition) is 1. The van der Waals surface area contributed by atoms with Gasteiger partial charge < -0.3 is 9.67 Å². The molecule has 0 atom stereocenters. The van der Waals surface area contributed by atoms with Crippen molar-refractivity contribution in [3.05, 3.63) is 47.3 Å². The number of aryl methyl sites for hydroxylation is 1. The van der Waals surface area contributed by atoms with Crippen LogP contribution in [0.2, 0.25) is 0 Å². The van der Waals surface area contributed by atoms with Crippen molar-refractivity contribution >= 4 is 17.7 Å². The molecule has 4 nitrogen and oxygen atoms in total. The average molecular weight is 304 g/mol. The first-order valence-corrected chi connectivity index (χ1v) is 7.92. The summed E-state index contributed by atoms with van der Waals surface area (Å²) in [5.41, 5.74) is 3.59. The van der Waals surface area contributed by atoms with Crippen molar-refractivity contribution in [2.75, 3.05) is 5.75 Å². The first kappa shape index (κ1) is 15.6. The molecule has 2 rings (SSSR count). The third-order valence-electron chi connectivity index (χ3n) is 3.36. The van der Waals surface area contributed by atoms with E-state index in [1.807, 2.05) is 18.3 Å². The zero-order valence-electron chi connectivity index (χ0n) is 12.5. The van der Waals surface area contributed by atoms with Gasteiger partial charge in [0.2, 0.25) is 0 Å². The van der Waals surface area contributed by atoms with Gasteiger partial charge in [0.1, 0.15) is 0 Å². The Kier molecular flexibility index (Phi) is 5.07. The fourth-order valence-corrected chi connectivity index (χ4v) is 2.90. The Hall–Kier alpha value is -1.75. The molecule has 1 N–H and O–H groups in total. The minimum Gasteiger partial charge on any atom is -0.481 e. The number of carboxylic acids is 1. The Morgan fingerprint density at radius 2 is 2.10 bits per heavy atom. The Balaban J connectivity index is 2.32. The summed E-state index contributed by atoms with van der Waals surface area (Å²) in [7, 11) is 0. The number of aliphatic carboxylic acids is 1. The molecule has 0 saturated carbocycles. The predicted octanol–water partition coefficient (Wildman–Crippen LogP) is 3.54. The van der Waals surface area contributed by atoms with Crippen LogP contribution in [0.4, 0.5) is 0 Å². The third kappa shape index (κ3) is 3.88. The molecule has 5 heteroatoms. The van der Waals surface area contributed by atoms with Gasteiger partial charge in [-0.1, -0.05) is 49.9 Å². The highest BCUT2D eigenvalue weighted by Gasteiger charge is 2.15. The van der Waals surface area contributed by atoms with Crippen molar-refractivity contribution in [1.82, 2.24) is 9.55 Å². The van der Waals surface area contributed by atoms with E-state index in [0.717, 1.165) is 17.4 Å². The third-order valence-corrected chi connectivity index (χ3v) is 4.33. The van der Waals surface area contributed by atoms with E-state index in [1.54, 1.807) is 0 Å². The molecule has 0 radical (unpaired) electrons. The lowest BCUT2D eigenvalue weighted by molar-refractivity contribution is -0.133. The van der Waals surface area contributed by atoms with Crippen molar-refractivity contribution in [2.24, 2.45) is 0 Å². The largest absolute Gasteiger partial charge is 0.481 e.